The van der Waals surface area contributed by atoms with Gasteiger partial charge in [-0.1, -0.05) is 31.1 Å². The predicted molar refractivity (Wildman–Crippen MR) is 101 cm³/mol. The predicted octanol–water partition coefficient (Wildman–Crippen LogP) is 3.32. The Kier molecular flexibility index (Phi) is 6.80. The number of carbonyl (C=O) groups excluding carboxylic acids is 1. The molecule has 0 radical (unpaired) electrons. The quantitative estimate of drug-likeness (QED) is 0.782. The van der Waals surface area contributed by atoms with Gasteiger partial charge in [0.05, 0.1) is 16.8 Å². The van der Waals surface area contributed by atoms with Crippen molar-refractivity contribution < 1.29 is 14.1 Å². The van der Waals surface area contributed by atoms with Gasteiger partial charge < -0.3 is 19.9 Å². The minimum absolute atomic E-state index is 0.0738. The lowest BCUT2D eigenvalue weighted by Gasteiger charge is -2.22. The van der Waals surface area contributed by atoms with Gasteiger partial charge in [0.2, 0.25) is 0 Å². The average molecular weight is 359 g/mol. The van der Waals surface area contributed by atoms with Gasteiger partial charge in [0.1, 0.15) is 18.1 Å². The molecule has 0 saturated carbocycles. The van der Waals surface area contributed by atoms with Crippen LogP contribution in [0.25, 0.3) is 0 Å². The fourth-order valence-electron chi connectivity index (χ4n) is 2.61. The molecular weight excluding hydrogens is 330 g/mol. The SMILES string of the molecule is Cc1noc(C)c1COc1ccccc1C(=O)N(C)CCC(N)C(C)C. The van der Waals surface area contributed by atoms with Crippen molar-refractivity contribution in [3.05, 3.63) is 46.8 Å². The Balaban J connectivity index is 2.06. The molecule has 0 bridgehead atoms. The summed E-state index contributed by atoms with van der Waals surface area (Å²) in [6, 6.07) is 7.36. The van der Waals surface area contributed by atoms with Gasteiger partial charge in [-0.3, -0.25) is 4.79 Å². The molecule has 6 heteroatoms. The van der Waals surface area contributed by atoms with Crippen LogP contribution in [0.15, 0.2) is 28.8 Å². The van der Waals surface area contributed by atoms with Crippen molar-refractivity contribution in [2.45, 2.75) is 46.8 Å². The number of hydrogen-bond donors (Lipinski definition) is 1. The molecule has 1 heterocycles. The summed E-state index contributed by atoms with van der Waals surface area (Å²) in [6.07, 6.45) is 0.766. The second-order valence-electron chi connectivity index (χ2n) is 7.01. The Labute approximate surface area is 155 Å². The van der Waals surface area contributed by atoms with Gasteiger partial charge in [-0.25, -0.2) is 0 Å². The first-order valence-corrected chi connectivity index (χ1v) is 8.95. The molecule has 0 spiro atoms. The molecular formula is C20H29N3O3. The zero-order valence-electron chi connectivity index (χ0n) is 16.3. The highest BCUT2D eigenvalue weighted by molar-refractivity contribution is 5.96. The number of nitrogens with zero attached hydrogens (tertiary/aromatic N) is 2. The van der Waals surface area contributed by atoms with Crippen LogP contribution in [-0.2, 0) is 6.61 Å². The Morgan fingerprint density at radius 2 is 2.00 bits per heavy atom. The van der Waals surface area contributed by atoms with E-state index in [0.29, 0.717) is 30.4 Å². The van der Waals surface area contributed by atoms with Crippen LogP contribution in [0.5, 0.6) is 5.75 Å². The zero-order chi connectivity index (χ0) is 19.3. The molecule has 2 aromatic rings. The van der Waals surface area contributed by atoms with E-state index in [4.69, 9.17) is 15.0 Å². The van der Waals surface area contributed by atoms with Crippen LogP contribution in [0.3, 0.4) is 0 Å². The number of hydrogen-bond acceptors (Lipinski definition) is 5. The minimum Gasteiger partial charge on any atom is -0.488 e. The first kappa shape index (κ1) is 20.0. The van der Waals surface area contributed by atoms with Crippen LogP contribution in [0.1, 0.15) is 47.6 Å². The van der Waals surface area contributed by atoms with Crippen LogP contribution in [-0.4, -0.2) is 35.6 Å². The van der Waals surface area contributed by atoms with Crippen LogP contribution >= 0.6 is 0 Å². The zero-order valence-corrected chi connectivity index (χ0v) is 16.3. The highest BCUT2D eigenvalue weighted by Crippen LogP contribution is 2.23. The van der Waals surface area contributed by atoms with Crippen molar-refractivity contribution in [3.63, 3.8) is 0 Å². The molecule has 0 aliphatic rings. The third kappa shape index (κ3) is 4.85. The first-order chi connectivity index (χ1) is 12.3. The molecule has 1 atom stereocenters. The minimum atomic E-state index is -0.0738. The fraction of sp³-hybridized carbons (Fsp3) is 0.500. The second kappa shape index (κ2) is 8.85. The van der Waals surface area contributed by atoms with Gasteiger partial charge in [0.15, 0.2) is 0 Å². The lowest BCUT2D eigenvalue weighted by Crippen LogP contribution is -2.34. The second-order valence-corrected chi connectivity index (χ2v) is 7.01. The summed E-state index contributed by atoms with van der Waals surface area (Å²) in [5.74, 6) is 1.60. The van der Waals surface area contributed by atoms with E-state index in [1.807, 2.05) is 26.0 Å². The van der Waals surface area contributed by atoms with Crippen LogP contribution in [0, 0.1) is 19.8 Å². The Morgan fingerprint density at radius 1 is 1.31 bits per heavy atom. The van der Waals surface area contributed by atoms with Gasteiger partial charge in [-0.15, -0.1) is 0 Å². The summed E-state index contributed by atoms with van der Waals surface area (Å²) in [6.45, 7) is 8.82. The summed E-state index contributed by atoms with van der Waals surface area (Å²) < 4.78 is 11.1. The van der Waals surface area contributed by atoms with Gasteiger partial charge in [-0.05, 0) is 38.3 Å². The third-order valence-corrected chi connectivity index (χ3v) is 4.67. The van der Waals surface area contributed by atoms with E-state index in [1.54, 1.807) is 24.1 Å². The van der Waals surface area contributed by atoms with Crippen molar-refractivity contribution >= 4 is 5.91 Å². The Morgan fingerprint density at radius 3 is 2.62 bits per heavy atom. The van der Waals surface area contributed by atoms with Crippen molar-refractivity contribution in [2.24, 2.45) is 11.7 Å². The summed E-state index contributed by atoms with van der Waals surface area (Å²) >= 11 is 0. The third-order valence-electron chi connectivity index (χ3n) is 4.67. The van der Waals surface area contributed by atoms with Crippen LogP contribution < -0.4 is 10.5 Å². The number of para-hydroxylation sites is 1. The molecule has 6 nitrogen and oxygen atoms in total. The van der Waals surface area contributed by atoms with E-state index in [1.165, 1.54) is 0 Å². The molecule has 0 aliphatic carbocycles. The van der Waals surface area contributed by atoms with E-state index >= 15 is 0 Å². The largest absolute Gasteiger partial charge is 0.488 e. The fourth-order valence-corrected chi connectivity index (χ4v) is 2.61. The lowest BCUT2D eigenvalue weighted by molar-refractivity contribution is 0.0784. The van der Waals surface area contributed by atoms with E-state index in [0.717, 1.165) is 23.4 Å². The molecule has 0 saturated heterocycles. The smallest absolute Gasteiger partial charge is 0.257 e. The summed E-state index contributed by atoms with van der Waals surface area (Å²) in [5, 5.41) is 3.93. The molecule has 142 valence electrons. The normalized spacial score (nSPS) is 12.3. The maximum Gasteiger partial charge on any atom is 0.257 e. The van der Waals surface area contributed by atoms with Crippen molar-refractivity contribution in [3.8, 4) is 5.75 Å². The Bertz CT molecular complexity index is 720. The van der Waals surface area contributed by atoms with Crippen molar-refractivity contribution in [1.29, 1.82) is 0 Å². The molecule has 1 unspecified atom stereocenters. The van der Waals surface area contributed by atoms with Crippen molar-refractivity contribution in [2.75, 3.05) is 13.6 Å². The van der Waals surface area contributed by atoms with Gasteiger partial charge >= 0.3 is 0 Å². The maximum atomic E-state index is 12.8. The first-order valence-electron chi connectivity index (χ1n) is 8.95. The van der Waals surface area contributed by atoms with Crippen LogP contribution in [0.2, 0.25) is 0 Å². The average Bonchev–Trinajstić information content (AvgIpc) is 2.95. The molecule has 0 aliphatic heterocycles. The number of aryl methyl sites for hydroxylation is 2. The number of aromatic nitrogens is 1. The molecule has 1 aromatic heterocycles. The topological polar surface area (TPSA) is 81.6 Å². The van der Waals surface area contributed by atoms with Gasteiger partial charge in [-0.2, -0.15) is 0 Å². The number of rotatable bonds is 8. The summed E-state index contributed by atoms with van der Waals surface area (Å²) in [4.78, 5) is 14.5. The monoisotopic (exact) mass is 359 g/mol. The number of nitrogens with two attached hydrogens (primary N) is 1. The molecule has 2 N–H and O–H groups in total. The van der Waals surface area contributed by atoms with E-state index in [9.17, 15) is 4.79 Å². The highest BCUT2D eigenvalue weighted by Gasteiger charge is 2.19. The molecule has 0 fully saturated rings. The lowest BCUT2D eigenvalue weighted by atomic mass is 10.0. The molecule has 2 rings (SSSR count). The summed E-state index contributed by atoms with van der Waals surface area (Å²) in [7, 11) is 1.79. The number of amides is 1. The summed E-state index contributed by atoms with van der Waals surface area (Å²) in [5.41, 5.74) is 8.33. The number of ether oxygens (including phenoxy) is 1. The van der Waals surface area contributed by atoms with E-state index in [-0.39, 0.29) is 11.9 Å². The maximum absolute atomic E-state index is 12.8. The van der Waals surface area contributed by atoms with E-state index < -0.39 is 0 Å². The van der Waals surface area contributed by atoms with Crippen LogP contribution in [0.4, 0.5) is 0 Å². The standard InChI is InChI=1S/C20H29N3O3/c1-13(2)18(21)10-11-23(5)20(24)16-8-6-7-9-19(16)25-12-17-14(3)22-26-15(17)4/h6-9,13,18H,10-12,21H2,1-5H3. The number of carbonyl (C=O) groups is 1. The molecule has 26 heavy (non-hydrogen) atoms. The number of benzene rings is 1. The molecule has 1 amide bonds. The van der Waals surface area contributed by atoms with E-state index in [2.05, 4.69) is 19.0 Å². The van der Waals surface area contributed by atoms with Gasteiger partial charge in [0.25, 0.3) is 5.91 Å². The van der Waals surface area contributed by atoms with Crippen molar-refractivity contribution in [1.82, 2.24) is 10.1 Å². The Hall–Kier alpha value is -2.34. The molecule has 1 aromatic carbocycles. The van der Waals surface area contributed by atoms with Gasteiger partial charge in [0, 0.05) is 19.6 Å². The highest BCUT2D eigenvalue weighted by atomic mass is 16.5.